The standard InChI is InChI=1S/C17H23N5O3/c1-13(17(25)18-12-8-3-2-7-11-15(23)24)22-20-16(19-21-22)14-9-5-4-6-10-14/h4-6,9-10,13H,2-3,7-8,11-12H2,1H3,(H,18,25)(H,23,24). The number of benzene rings is 1. The van der Waals surface area contributed by atoms with Gasteiger partial charge in [-0.3, -0.25) is 9.59 Å². The SMILES string of the molecule is CC(C(=O)NCCCCCCC(=O)O)n1nnc(-c2ccccc2)n1. The van der Waals surface area contributed by atoms with Crippen molar-refractivity contribution in [2.24, 2.45) is 0 Å². The van der Waals surface area contributed by atoms with Crippen molar-refractivity contribution in [1.82, 2.24) is 25.5 Å². The summed E-state index contributed by atoms with van der Waals surface area (Å²) in [6.07, 6.45) is 3.43. The third kappa shape index (κ3) is 5.98. The van der Waals surface area contributed by atoms with Crippen LogP contribution >= 0.6 is 0 Å². The number of hydrogen-bond donors (Lipinski definition) is 2. The van der Waals surface area contributed by atoms with E-state index in [0.717, 1.165) is 24.8 Å². The Bertz CT molecular complexity index is 687. The Morgan fingerprint density at radius 1 is 1.16 bits per heavy atom. The van der Waals surface area contributed by atoms with E-state index in [9.17, 15) is 9.59 Å². The Labute approximate surface area is 146 Å². The van der Waals surface area contributed by atoms with Crippen LogP contribution in [0.3, 0.4) is 0 Å². The summed E-state index contributed by atoms with van der Waals surface area (Å²) >= 11 is 0. The van der Waals surface area contributed by atoms with Gasteiger partial charge in [0.25, 0.3) is 0 Å². The van der Waals surface area contributed by atoms with Gasteiger partial charge in [-0.2, -0.15) is 4.80 Å². The predicted octanol–water partition coefficient (Wildman–Crippen LogP) is 2.05. The smallest absolute Gasteiger partial charge is 0.303 e. The summed E-state index contributed by atoms with van der Waals surface area (Å²) in [5.74, 6) is -0.446. The molecule has 134 valence electrons. The summed E-state index contributed by atoms with van der Waals surface area (Å²) < 4.78 is 0. The van der Waals surface area contributed by atoms with Crippen molar-refractivity contribution in [2.45, 2.75) is 45.1 Å². The minimum absolute atomic E-state index is 0.164. The molecule has 0 radical (unpaired) electrons. The molecule has 2 aromatic rings. The minimum atomic E-state index is -0.766. The van der Waals surface area contributed by atoms with Crippen LogP contribution in [0.4, 0.5) is 0 Å². The summed E-state index contributed by atoms with van der Waals surface area (Å²) in [4.78, 5) is 23.9. The van der Waals surface area contributed by atoms with Gasteiger partial charge >= 0.3 is 5.97 Å². The number of carbonyl (C=O) groups is 2. The van der Waals surface area contributed by atoms with Crippen molar-refractivity contribution < 1.29 is 14.7 Å². The molecule has 0 aliphatic carbocycles. The molecule has 2 N–H and O–H groups in total. The zero-order valence-electron chi connectivity index (χ0n) is 14.3. The van der Waals surface area contributed by atoms with Gasteiger partial charge in [0.2, 0.25) is 11.7 Å². The number of amides is 1. The van der Waals surface area contributed by atoms with Crippen molar-refractivity contribution in [3.8, 4) is 11.4 Å². The number of hydrogen-bond acceptors (Lipinski definition) is 5. The zero-order chi connectivity index (χ0) is 18.1. The van der Waals surface area contributed by atoms with E-state index in [4.69, 9.17) is 5.11 Å². The van der Waals surface area contributed by atoms with Crippen molar-refractivity contribution in [1.29, 1.82) is 0 Å². The van der Waals surface area contributed by atoms with Crippen LogP contribution in [0.5, 0.6) is 0 Å². The zero-order valence-corrected chi connectivity index (χ0v) is 14.3. The lowest BCUT2D eigenvalue weighted by atomic mass is 10.1. The summed E-state index contributed by atoms with van der Waals surface area (Å²) in [6, 6.07) is 8.92. The number of aliphatic carboxylic acids is 1. The normalized spacial score (nSPS) is 11.9. The van der Waals surface area contributed by atoms with Crippen LogP contribution < -0.4 is 5.32 Å². The summed E-state index contributed by atoms with van der Waals surface area (Å²) in [5.41, 5.74) is 0.850. The molecule has 1 unspecified atom stereocenters. The van der Waals surface area contributed by atoms with E-state index in [1.54, 1.807) is 6.92 Å². The second kappa shape index (κ2) is 9.51. The Hall–Kier alpha value is -2.77. The average Bonchev–Trinajstić information content (AvgIpc) is 3.10. The molecule has 0 saturated heterocycles. The third-order valence-electron chi connectivity index (χ3n) is 3.80. The molecule has 1 amide bonds. The van der Waals surface area contributed by atoms with Gasteiger partial charge in [0.1, 0.15) is 6.04 Å². The first-order valence-electron chi connectivity index (χ1n) is 8.42. The van der Waals surface area contributed by atoms with Crippen LogP contribution in [0.15, 0.2) is 30.3 Å². The lowest BCUT2D eigenvalue weighted by Crippen LogP contribution is -2.32. The minimum Gasteiger partial charge on any atom is -0.481 e. The van der Waals surface area contributed by atoms with Gasteiger partial charge < -0.3 is 10.4 Å². The Morgan fingerprint density at radius 2 is 1.88 bits per heavy atom. The largest absolute Gasteiger partial charge is 0.481 e. The molecule has 2 rings (SSSR count). The average molecular weight is 345 g/mol. The van der Waals surface area contributed by atoms with Crippen LogP contribution in [-0.4, -0.2) is 43.7 Å². The highest BCUT2D eigenvalue weighted by atomic mass is 16.4. The van der Waals surface area contributed by atoms with Crippen molar-refractivity contribution in [3.63, 3.8) is 0 Å². The number of unbranched alkanes of at least 4 members (excludes halogenated alkanes) is 3. The number of carboxylic acids is 1. The van der Waals surface area contributed by atoms with Gasteiger partial charge in [0.15, 0.2) is 0 Å². The Kier molecular flexibility index (Phi) is 7.06. The highest BCUT2D eigenvalue weighted by molar-refractivity contribution is 5.79. The monoisotopic (exact) mass is 345 g/mol. The maximum absolute atomic E-state index is 12.1. The molecule has 25 heavy (non-hydrogen) atoms. The van der Waals surface area contributed by atoms with Crippen LogP contribution in [0.1, 0.15) is 45.1 Å². The van der Waals surface area contributed by atoms with Crippen LogP contribution in [0.2, 0.25) is 0 Å². The summed E-state index contributed by atoms with van der Waals surface area (Å²) in [5, 5.41) is 23.6. The molecule has 8 heteroatoms. The summed E-state index contributed by atoms with van der Waals surface area (Å²) in [7, 11) is 0. The van der Waals surface area contributed by atoms with Crippen LogP contribution in [0.25, 0.3) is 11.4 Å². The van der Waals surface area contributed by atoms with E-state index in [2.05, 4.69) is 20.7 Å². The van der Waals surface area contributed by atoms with Gasteiger partial charge in [0, 0.05) is 18.5 Å². The van der Waals surface area contributed by atoms with Gasteiger partial charge in [-0.05, 0) is 25.0 Å². The van der Waals surface area contributed by atoms with Crippen molar-refractivity contribution in [2.75, 3.05) is 6.54 Å². The number of nitrogens with one attached hydrogen (secondary N) is 1. The molecule has 0 saturated carbocycles. The second-order valence-electron chi connectivity index (χ2n) is 5.82. The Morgan fingerprint density at radius 3 is 2.60 bits per heavy atom. The number of aromatic nitrogens is 4. The second-order valence-corrected chi connectivity index (χ2v) is 5.82. The van der Waals surface area contributed by atoms with E-state index in [0.29, 0.717) is 18.8 Å². The fourth-order valence-electron chi connectivity index (χ4n) is 2.31. The molecule has 0 aliphatic rings. The number of carboxylic acid groups (broad SMARTS) is 1. The quantitative estimate of drug-likeness (QED) is 0.638. The van der Waals surface area contributed by atoms with E-state index in [-0.39, 0.29) is 12.3 Å². The molecule has 0 fully saturated rings. The van der Waals surface area contributed by atoms with E-state index in [1.807, 2.05) is 30.3 Å². The molecule has 0 spiro atoms. The molecule has 1 aromatic carbocycles. The van der Waals surface area contributed by atoms with E-state index >= 15 is 0 Å². The van der Waals surface area contributed by atoms with Gasteiger partial charge in [0.05, 0.1) is 0 Å². The maximum Gasteiger partial charge on any atom is 0.303 e. The number of carbonyl (C=O) groups excluding carboxylic acids is 1. The van der Waals surface area contributed by atoms with Gasteiger partial charge in [-0.25, -0.2) is 0 Å². The molecular weight excluding hydrogens is 322 g/mol. The Balaban J connectivity index is 1.73. The van der Waals surface area contributed by atoms with Crippen molar-refractivity contribution >= 4 is 11.9 Å². The fourth-order valence-corrected chi connectivity index (χ4v) is 2.31. The lowest BCUT2D eigenvalue weighted by molar-refractivity contribution is -0.137. The third-order valence-corrected chi connectivity index (χ3v) is 3.80. The van der Waals surface area contributed by atoms with Gasteiger partial charge in [-0.15, -0.1) is 10.2 Å². The van der Waals surface area contributed by atoms with Gasteiger partial charge in [-0.1, -0.05) is 43.2 Å². The van der Waals surface area contributed by atoms with E-state index in [1.165, 1.54) is 4.80 Å². The first-order chi connectivity index (χ1) is 12.1. The van der Waals surface area contributed by atoms with Crippen LogP contribution in [-0.2, 0) is 9.59 Å². The topological polar surface area (TPSA) is 110 Å². The number of nitrogens with zero attached hydrogens (tertiary/aromatic N) is 4. The molecule has 0 bridgehead atoms. The molecule has 8 nitrogen and oxygen atoms in total. The molecule has 1 aromatic heterocycles. The van der Waals surface area contributed by atoms with E-state index < -0.39 is 12.0 Å². The van der Waals surface area contributed by atoms with Crippen molar-refractivity contribution in [3.05, 3.63) is 30.3 Å². The molecule has 1 atom stereocenters. The number of rotatable bonds is 10. The predicted molar refractivity (Wildman–Crippen MR) is 91.7 cm³/mol. The lowest BCUT2D eigenvalue weighted by Gasteiger charge is -2.10. The van der Waals surface area contributed by atoms with Crippen LogP contribution in [0, 0.1) is 0 Å². The molecule has 1 heterocycles. The highest BCUT2D eigenvalue weighted by Gasteiger charge is 2.18. The molecule has 0 aliphatic heterocycles. The maximum atomic E-state index is 12.1. The molecular formula is C17H23N5O3. The number of tetrazole rings is 1. The fraction of sp³-hybridized carbons (Fsp3) is 0.471. The first kappa shape index (κ1) is 18.6. The summed E-state index contributed by atoms with van der Waals surface area (Å²) in [6.45, 7) is 2.27. The highest BCUT2D eigenvalue weighted by Crippen LogP contribution is 2.13. The first-order valence-corrected chi connectivity index (χ1v) is 8.42.